The fraction of sp³-hybridized carbons (Fsp3) is 0.111. The zero-order chi connectivity index (χ0) is 9.10. The number of hydrogen-bond donors (Lipinski definition) is 1. The Labute approximate surface area is 101 Å². The summed E-state index contributed by atoms with van der Waals surface area (Å²) >= 11 is 0. The van der Waals surface area contributed by atoms with Crippen LogP contribution in [0.25, 0.3) is 0 Å². The van der Waals surface area contributed by atoms with E-state index in [1.807, 2.05) is 44.5 Å². The van der Waals surface area contributed by atoms with Gasteiger partial charge in [-0.1, -0.05) is 35.8 Å². The summed E-state index contributed by atoms with van der Waals surface area (Å²) in [5.41, 5.74) is 1.92. The van der Waals surface area contributed by atoms with Crippen molar-refractivity contribution in [3.8, 4) is 0 Å². The molecule has 87 valence electrons. The standard InChI is InChI=1S/C9H9BN3.ClH.2H2O/c1-7-11-9(13-12-7)10-8-5-3-2-4-6-8;;;/h2-6H,1H3,(H,11,12,13);1H;2*1H2. The summed E-state index contributed by atoms with van der Waals surface area (Å²) in [6.07, 6.45) is 0. The molecule has 0 aliphatic rings. The summed E-state index contributed by atoms with van der Waals surface area (Å²) in [6.45, 7) is 1.88. The topological polar surface area (TPSA) is 105 Å². The molecule has 0 unspecified atom stereocenters. The maximum absolute atomic E-state index is 3.95. The Hall–Kier alpha value is -1.37. The number of halogens is 1. The summed E-state index contributed by atoms with van der Waals surface area (Å²) in [5, 5.41) is 7.83. The van der Waals surface area contributed by atoms with Crippen LogP contribution in [0.5, 0.6) is 0 Å². The van der Waals surface area contributed by atoms with E-state index in [-0.39, 0.29) is 23.4 Å². The van der Waals surface area contributed by atoms with Gasteiger partial charge in [-0.15, -0.1) is 22.6 Å². The fourth-order valence-electron chi connectivity index (χ4n) is 1.14. The van der Waals surface area contributed by atoms with E-state index >= 15 is 0 Å². The summed E-state index contributed by atoms with van der Waals surface area (Å²) in [6, 6.07) is 10.0. The van der Waals surface area contributed by atoms with E-state index in [0.29, 0.717) is 0 Å². The molecule has 0 saturated heterocycles. The number of nitrogens with one attached hydrogen (secondary N) is 1. The molecule has 0 spiro atoms. The Morgan fingerprint density at radius 2 is 1.69 bits per heavy atom. The third-order valence-electron chi connectivity index (χ3n) is 1.72. The average molecular weight is 242 g/mol. The van der Waals surface area contributed by atoms with Crippen LogP contribution in [-0.2, 0) is 0 Å². The third kappa shape index (κ3) is 4.44. The predicted molar refractivity (Wildman–Crippen MR) is 67.1 cm³/mol. The van der Waals surface area contributed by atoms with Gasteiger partial charge in [0, 0.05) is 0 Å². The molecule has 0 atom stereocenters. The van der Waals surface area contributed by atoms with Crippen LogP contribution >= 0.6 is 12.4 Å². The second-order valence-corrected chi connectivity index (χ2v) is 2.85. The van der Waals surface area contributed by atoms with Gasteiger partial charge in [0.2, 0.25) is 7.28 Å². The average Bonchev–Trinajstić information content (AvgIpc) is 2.53. The molecule has 0 saturated carbocycles. The van der Waals surface area contributed by atoms with E-state index in [4.69, 9.17) is 0 Å². The number of aromatic nitrogens is 3. The highest BCUT2D eigenvalue weighted by molar-refractivity contribution is 6.65. The molecule has 16 heavy (non-hydrogen) atoms. The number of benzene rings is 1. The van der Waals surface area contributed by atoms with Gasteiger partial charge in [-0.05, 0) is 6.92 Å². The summed E-state index contributed by atoms with van der Waals surface area (Å²) in [4.78, 5) is 3.05. The molecule has 0 aliphatic heterocycles. The normalized spacial score (nSPS) is 8.06. The minimum absolute atomic E-state index is 0. The first kappa shape index (κ1) is 17.0. The van der Waals surface area contributed by atoms with Gasteiger partial charge in [-0.3, -0.25) is 0 Å². The minimum atomic E-state index is 0. The second-order valence-electron chi connectivity index (χ2n) is 2.85. The predicted octanol–water partition coefficient (Wildman–Crippen LogP) is -1.46. The summed E-state index contributed by atoms with van der Waals surface area (Å²) < 4.78 is 0. The van der Waals surface area contributed by atoms with Gasteiger partial charge >= 0.3 is 0 Å². The monoisotopic (exact) mass is 242 g/mol. The molecular weight excluding hydrogens is 228 g/mol. The maximum Gasteiger partial charge on any atom is 0.242 e. The molecule has 5 nitrogen and oxygen atoms in total. The van der Waals surface area contributed by atoms with Crippen molar-refractivity contribution < 1.29 is 11.0 Å². The molecule has 1 heterocycles. The van der Waals surface area contributed by atoms with Gasteiger partial charge in [-0.2, -0.15) is 0 Å². The van der Waals surface area contributed by atoms with Gasteiger partial charge < -0.3 is 15.9 Å². The van der Waals surface area contributed by atoms with Crippen molar-refractivity contribution in [1.29, 1.82) is 0 Å². The minimum Gasteiger partial charge on any atom is -0.412 e. The van der Waals surface area contributed by atoms with Crippen molar-refractivity contribution in [2.45, 2.75) is 6.92 Å². The SMILES string of the molecule is Cc1nnc([B]c2ccccc2)[nH]1.Cl.O.O. The lowest BCUT2D eigenvalue weighted by Crippen LogP contribution is -2.29. The molecule has 2 aromatic rings. The number of H-pyrrole nitrogens is 1. The molecule has 1 radical (unpaired) electrons. The van der Waals surface area contributed by atoms with Crippen LogP contribution in [0, 0.1) is 6.92 Å². The molecule has 1 aromatic carbocycles. The number of aryl methyl sites for hydroxylation is 1. The van der Waals surface area contributed by atoms with Crippen molar-refractivity contribution in [3.63, 3.8) is 0 Å². The lowest BCUT2D eigenvalue weighted by atomic mass is 9.70. The first-order valence-corrected chi connectivity index (χ1v) is 4.14. The lowest BCUT2D eigenvalue weighted by molar-refractivity contribution is 0.823. The Morgan fingerprint density at radius 3 is 2.19 bits per heavy atom. The van der Waals surface area contributed by atoms with Crippen molar-refractivity contribution in [2.24, 2.45) is 0 Å². The van der Waals surface area contributed by atoms with Crippen molar-refractivity contribution >= 4 is 30.9 Å². The largest absolute Gasteiger partial charge is 0.412 e. The second kappa shape index (κ2) is 7.87. The molecule has 0 aliphatic carbocycles. The van der Waals surface area contributed by atoms with Crippen LogP contribution < -0.4 is 11.2 Å². The number of rotatable bonds is 2. The zero-order valence-corrected chi connectivity index (χ0v) is 9.58. The van der Waals surface area contributed by atoms with E-state index in [1.54, 1.807) is 0 Å². The Balaban J connectivity index is 0. The highest BCUT2D eigenvalue weighted by Gasteiger charge is 2.01. The van der Waals surface area contributed by atoms with Gasteiger partial charge in [0.25, 0.3) is 0 Å². The van der Waals surface area contributed by atoms with Gasteiger partial charge in [0.05, 0.1) is 5.72 Å². The van der Waals surface area contributed by atoms with E-state index in [9.17, 15) is 0 Å². The van der Waals surface area contributed by atoms with Crippen molar-refractivity contribution in [1.82, 2.24) is 15.2 Å². The Morgan fingerprint density at radius 1 is 1.06 bits per heavy atom. The maximum atomic E-state index is 3.95. The first-order valence-electron chi connectivity index (χ1n) is 4.14. The van der Waals surface area contributed by atoms with Crippen LogP contribution in [0.15, 0.2) is 30.3 Å². The van der Waals surface area contributed by atoms with Crippen LogP contribution in [0.1, 0.15) is 5.82 Å². The number of nitrogens with zero attached hydrogens (tertiary/aromatic N) is 2. The van der Waals surface area contributed by atoms with Crippen LogP contribution in [-0.4, -0.2) is 33.4 Å². The lowest BCUT2D eigenvalue weighted by Gasteiger charge is -1.93. The molecule has 0 fully saturated rings. The highest BCUT2D eigenvalue weighted by Crippen LogP contribution is 1.81. The first-order chi connectivity index (χ1) is 6.34. The van der Waals surface area contributed by atoms with E-state index in [1.165, 1.54) is 0 Å². The van der Waals surface area contributed by atoms with Gasteiger partial charge in [-0.25, -0.2) is 0 Å². The van der Waals surface area contributed by atoms with Crippen LogP contribution in [0.2, 0.25) is 0 Å². The quantitative estimate of drug-likeness (QED) is 0.650. The van der Waals surface area contributed by atoms with E-state index in [0.717, 1.165) is 17.0 Å². The number of aromatic amines is 1. The van der Waals surface area contributed by atoms with Gasteiger partial charge in [0.15, 0.2) is 0 Å². The Kier molecular flexibility index (Phi) is 8.38. The molecule has 5 N–H and O–H groups in total. The highest BCUT2D eigenvalue weighted by atomic mass is 35.5. The molecule has 7 heteroatoms. The van der Waals surface area contributed by atoms with E-state index < -0.39 is 0 Å². The van der Waals surface area contributed by atoms with Crippen molar-refractivity contribution in [2.75, 3.05) is 0 Å². The molecule has 2 rings (SSSR count). The molecule has 1 aromatic heterocycles. The Bertz CT molecular complexity index is 397. The molecular formula is C9H14BClN3O2. The molecule has 0 amide bonds. The zero-order valence-electron chi connectivity index (χ0n) is 8.77. The smallest absolute Gasteiger partial charge is 0.242 e. The van der Waals surface area contributed by atoms with Crippen LogP contribution in [0.3, 0.4) is 0 Å². The van der Waals surface area contributed by atoms with E-state index in [2.05, 4.69) is 15.2 Å². The summed E-state index contributed by atoms with van der Waals surface area (Å²) in [7, 11) is 1.96. The number of hydrogen-bond acceptors (Lipinski definition) is 2. The molecule has 0 bridgehead atoms. The third-order valence-corrected chi connectivity index (χ3v) is 1.72. The van der Waals surface area contributed by atoms with Crippen LogP contribution in [0.4, 0.5) is 0 Å². The van der Waals surface area contributed by atoms with Gasteiger partial charge in [0.1, 0.15) is 5.82 Å². The van der Waals surface area contributed by atoms with Crippen molar-refractivity contribution in [3.05, 3.63) is 36.2 Å². The fourth-order valence-corrected chi connectivity index (χ4v) is 1.14. The summed E-state index contributed by atoms with van der Waals surface area (Å²) in [5.74, 6) is 0.835.